The van der Waals surface area contributed by atoms with Gasteiger partial charge in [-0.25, -0.2) is 0 Å². The highest BCUT2D eigenvalue weighted by molar-refractivity contribution is 6.36. The molecular weight excluding hydrogens is 351 g/mol. The molecule has 0 unspecified atom stereocenters. The molecule has 0 radical (unpaired) electrons. The normalized spacial score (nSPS) is 11.2. The van der Waals surface area contributed by atoms with Crippen LogP contribution in [0.5, 0.6) is 5.75 Å². The van der Waals surface area contributed by atoms with Gasteiger partial charge in [0.1, 0.15) is 5.75 Å². The van der Waals surface area contributed by atoms with Crippen molar-refractivity contribution >= 4 is 40.8 Å². The number of nitrogens with zero attached hydrogens (tertiary/aromatic N) is 2. The van der Waals surface area contributed by atoms with Gasteiger partial charge < -0.3 is 4.74 Å². The molecule has 0 atom stereocenters. The van der Waals surface area contributed by atoms with Gasteiger partial charge in [0.05, 0.1) is 22.2 Å². The smallest absolute Gasteiger partial charge is 0.269 e. The molecule has 0 aliphatic rings. The minimum Gasteiger partial charge on any atom is -0.491 e. The summed E-state index contributed by atoms with van der Waals surface area (Å²) in [5, 5.41) is 11.5. The van der Waals surface area contributed by atoms with Gasteiger partial charge in [0, 0.05) is 28.9 Å². The maximum atomic E-state index is 10.7. The van der Waals surface area contributed by atoms with Crippen molar-refractivity contribution < 1.29 is 9.66 Å². The molecule has 0 bridgehead atoms. The maximum absolute atomic E-state index is 10.7. The Morgan fingerprint density at radius 1 is 1.25 bits per heavy atom. The Bertz CT molecular complexity index is 759. The summed E-state index contributed by atoms with van der Waals surface area (Å²) in [5.41, 5.74) is 1.23. The highest BCUT2D eigenvalue weighted by atomic mass is 35.5. The number of ether oxygens (including phenoxy) is 1. The SMILES string of the molecule is CC(C)COc1c(Cl)cc(Cl)cc1C=Nc1ccc([N+](=O)[O-])cc1. The minimum absolute atomic E-state index is 0.0145. The van der Waals surface area contributed by atoms with E-state index in [0.717, 1.165) is 0 Å². The van der Waals surface area contributed by atoms with Crippen molar-refractivity contribution in [1.82, 2.24) is 0 Å². The van der Waals surface area contributed by atoms with Crippen LogP contribution in [0.4, 0.5) is 11.4 Å². The number of nitro groups is 1. The van der Waals surface area contributed by atoms with Crippen LogP contribution < -0.4 is 4.74 Å². The van der Waals surface area contributed by atoms with Crippen LogP contribution in [0.2, 0.25) is 10.0 Å². The molecule has 7 heteroatoms. The Morgan fingerprint density at radius 3 is 2.50 bits per heavy atom. The van der Waals surface area contributed by atoms with Gasteiger partial charge in [-0.2, -0.15) is 0 Å². The van der Waals surface area contributed by atoms with Crippen LogP contribution in [0.15, 0.2) is 41.4 Å². The van der Waals surface area contributed by atoms with Crippen molar-refractivity contribution in [2.45, 2.75) is 13.8 Å². The number of rotatable bonds is 6. The highest BCUT2D eigenvalue weighted by Crippen LogP contribution is 2.32. The molecule has 5 nitrogen and oxygen atoms in total. The predicted octanol–water partition coefficient (Wildman–Crippen LogP) is 5.69. The predicted molar refractivity (Wildman–Crippen MR) is 97.1 cm³/mol. The molecule has 2 rings (SSSR count). The molecule has 2 aromatic rings. The molecule has 126 valence electrons. The maximum Gasteiger partial charge on any atom is 0.269 e. The van der Waals surface area contributed by atoms with Crippen LogP contribution in [0.1, 0.15) is 19.4 Å². The summed E-state index contributed by atoms with van der Waals surface area (Å²) in [7, 11) is 0. The summed E-state index contributed by atoms with van der Waals surface area (Å²) < 4.78 is 5.75. The van der Waals surface area contributed by atoms with Gasteiger partial charge in [-0.3, -0.25) is 15.1 Å². The van der Waals surface area contributed by atoms with Gasteiger partial charge in [-0.1, -0.05) is 37.0 Å². The van der Waals surface area contributed by atoms with Crippen molar-refractivity contribution in [2.75, 3.05) is 6.61 Å². The van der Waals surface area contributed by atoms with Crippen LogP contribution >= 0.6 is 23.2 Å². The molecular formula is C17H16Cl2N2O3. The van der Waals surface area contributed by atoms with Crippen LogP contribution in [0, 0.1) is 16.0 Å². The average Bonchev–Trinajstić information content (AvgIpc) is 2.51. The topological polar surface area (TPSA) is 64.7 Å². The molecule has 24 heavy (non-hydrogen) atoms. The lowest BCUT2D eigenvalue weighted by Crippen LogP contribution is -2.06. The molecule has 0 saturated carbocycles. The monoisotopic (exact) mass is 366 g/mol. The molecule has 0 saturated heterocycles. The molecule has 0 aromatic heterocycles. The van der Waals surface area contributed by atoms with E-state index < -0.39 is 4.92 Å². The second-order valence-corrected chi connectivity index (χ2v) is 6.39. The third kappa shape index (κ3) is 4.94. The summed E-state index contributed by atoms with van der Waals surface area (Å²) in [6, 6.07) is 9.24. The second-order valence-electron chi connectivity index (χ2n) is 5.54. The third-order valence-corrected chi connectivity index (χ3v) is 3.51. The fraction of sp³-hybridized carbons (Fsp3) is 0.235. The standard InChI is InChI=1S/C17H16Cl2N2O3/c1-11(2)10-24-17-12(7-13(18)8-16(17)19)9-20-14-3-5-15(6-4-14)21(22)23/h3-9,11H,10H2,1-2H3. The first kappa shape index (κ1) is 18.2. The van der Waals surface area contributed by atoms with Crippen LogP contribution in [-0.4, -0.2) is 17.7 Å². The van der Waals surface area contributed by atoms with Crippen molar-refractivity contribution in [2.24, 2.45) is 10.9 Å². The van der Waals surface area contributed by atoms with Gasteiger partial charge in [-0.05, 0) is 30.2 Å². The van der Waals surface area contributed by atoms with E-state index in [1.54, 1.807) is 30.5 Å². The quantitative estimate of drug-likeness (QED) is 0.374. The van der Waals surface area contributed by atoms with Crippen molar-refractivity contribution in [3.8, 4) is 5.75 Å². The van der Waals surface area contributed by atoms with E-state index in [0.29, 0.717) is 39.6 Å². The number of hydrogen-bond acceptors (Lipinski definition) is 4. The number of benzene rings is 2. The number of hydrogen-bond donors (Lipinski definition) is 0. The minimum atomic E-state index is -0.456. The lowest BCUT2D eigenvalue weighted by atomic mass is 10.2. The van der Waals surface area contributed by atoms with E-state index in [2.05, 4.69) is 4.99 Å². The molecule has 0 amide bonds. The van der Waals surface area contributed by atoms with E-state index in [1.165, 1.54) is 12.1 Å². The third-order valence-electron chi connectivity index (χ3n) is 3.01. The van der Waals surface area contributed by atoms with E-state index in [9.17, 15) is 10.1 Å². The summed E-state index contributed by atoms with van der Waals surface area (Å²) in [6.07, 6.45) is 1.58. The Morgan fingerprint density at radius 2 is 1.92 bits per heavy atom. The molecule has 0 heterocycles. The zero-order chi connectivity index (χ0) is 17.7. The van der Waals surface area contributed by atoms with Crippen LogP contribution in [-0.2, 0) is 0 Å². The Hall–Kier alpha value is -2.11. The summed E-state index contributed by atoms with van der Waals surface area (Å²) in [5.74, 6) is 0.858. The van der Waals surface area contributed by atoms with Crippen LogP contribution in [0.25, 0.3) is 0 Å². The zero-order valence-electron chi connectivity index (χ0n) is 13.2. The molecule has 0 fully saturated rings. The van der Waals surface area contributed by atoms with E-state index in [4.69, 9.17) is 27.9 Å². The first-order chi connectivity index (χ1) is 11.4. The molecule has 0 N–H and O–H groups in total. The Labute approximate surface area is 150 Å². The average molecular weight is 367 g/mol. The molecule has 0 aliphatic heterocycles. The largest absolute Gasteiger partial charge is 0.491 e. The number of aliphatic imine (C=N–C) groups is 1. The van der Waals surface area contributed by atoms with E-state index in [1.807, 2.05) is 13.8 Å². The fourth-order valence-electron chi connectivity index (χ4n) is 1.88. The van der Waals surface area contributed by atoms with Crippen molar-refractivity contribution in [3.63, 3.8) is 0 Å². The number of halogens is 2. The summed E-state index contributed by atoms with van der Waals surface area (Å²) in [4.78, 5) is 14.5. The first-order valence-corrected chi connectivity index (χ1v) is 8.02. The lowest BCUT2D eigenvalue weighted by Gasteiger charge is -2.13. The van der Waals surface area contributed by atoms with Crippen molar-refractivity contribution in [3.05, 3.63) is 62.1 Å². The van der Waals surface area contributed by atoms with Crippen LogP contribution in [0.3, 0.4) is 0 Å². The zero-order valence-corrected chi connectivity index (χ0v) is 14.7. The van der Waals surface area contributed by atoms with Gasteiger partial charge in [0.15, 0.2) is 0 Å². The van der Waals surface area contributed by atoms with Gasteiger partial charge in [0.25, 0.3) is 5.69 Å². The number of non-ortho nitro benzene ring substituents is 1. The number of nitro benzene ring substituents is 1. The lowest BCUT2D eigenvalue weighted by molar-refractivity contribution is -0.384. The van der Waals surface area contributed by atoms with E-state index >= 15 is 0 Å². The fourth-order valence-corrected chi connectivity index (χ4v) is 2.45. The van der Waals surface area contributed by atoms with Crippen molar-refractivity contribution in [1.29, 1.82) is 0 Å². The highest BCUT2D eigenvalue weighted by Gasteiger charge is 2.10. The van der Waals surface area contributed by atoms with E-state index in [-0.39, 0.29) is 5.69 Å². The summed E-state index contributed by atoms with van der Waals surface area (Å²) in [6.45, 7) is 4.59. The Kier molecular flexibility index (Phi) is 6.17. The Balaban J connectivity index is 2.28. The molecule has 2 aromatic carbocycles. The van der Waals surface area contributed by atoms with Gasteiger partial charge in [-0.15, -0.1) is 0 Å². The molecule has 0 aliphatic carbocycles. The first-order valence-electron chi connectivity index (χ1n) is 7.27. The van der Waals surface area contributed by atoms with Gasteiger partial charge in [0.2, 0.25) is 0 Å². The second kappa shape index (κ2) is 8.13. The van der Waals surface area contributed by atoms with Gasteiger partial charge >= 0.3 is 0 Å². The molecule has 0 spiro atoms. The summed E-state index contributed by atoms with van der Waals surface area (Å²) >= 11 is 12.3.